The van der Waals surface area contributed by atoms with Gasteiger partial charge in [0.15, 0.2) is 0 Å². The molecular weight excluding hydrogens is 395 g/mol. The number of fused-ring (bicyclic) bond motifs is 1. The molecule has 4 rings (SSSR count). The van der Waals surface area contributed by atoms with E-state index in [2.05, 4.69) is 15.3 Å². The van der Waals surface area contributed by atoms with Crippen molar-refractivity contribution in [3.8, 4) is 5.69 Å². The van der Waals surface area contributed by atoms with E-state index in [1.807, 2.05) is 36.7 Å². The lowest BCUT2D eigenvalue weighted by atomic mass is 10.1. The van der Waals surface area contributed by atoms with Crippen LogP contribution in [-0.2, 0) is 0 Å². The van der Waals surface area contributed by atoms with Gasteiger partial charge in [0.2, 0.25) is 0 Å². The molecule has 0 atom stereocenters. The van der Waals surface area contributed by atoms with Crippen LogP contribution in [0.3, 0.4) is 0 Å². The molecule has 0 unspecified atom stereocenters. The van der Waals surface area contributed by atoms with Crippen LogP contribution in [0.4, 0.5) is 5.69 Å². The van der Waals surface area contributed by atoms with Crippen LogP contribution in [-0.4, -0.2) is 20.4 Å². The van der Waals surface area contributed by atoms with E-state index < -0.39 is 0 Å². The topological polar surface area (TPSA) is 59.8 Å². The molecule has 1 N–H and O–H groups in total. The summed E-state index contributed by atoms with van der Waals surface area (Å²) >= 11 is 12.4. The third-order valence-corrected chi connectivity index (χ3v) is 5.10. The van der Waals surface area contributed by atoms with Crippen molar-refractivity contribution in [1.29, 1.82) is 0 Å². The van der Waals surface area contributed by atoms with Crippen molar-refractivity contribution >= 4 is 45.7 Å². The van der Waals surface area contributed by atoms with Gasteiger partial charge < -0.3 is 9.88 Å². The van der Waals surface area contributed by atoms with Gasteiger partial charge in [-0.2, -0.15) is 0 Å². The van der Waals surface area contributed by atoms with Crippen LogP contribution in [0.5, 0.6) is 0 Å². The Morgan fingerprint density at radius 3 is 2.57 bits per heavy atom. The van der Waals surface area contributed by atoms with Crippen LogP contribution in [0, 0.1) is 13.8 Å². The molecule has 0 aliphatic heterocycles. The average molecular weight is 411 g/mol. The number of nitrogens with one attached hydrogen (secondary N) is 1. The lowest BCUT2D eigenvalue weighted by Crippen LogP contribution is -2.14. The molecule has 0 saturated carbocycles. The second-order valence-electron chi connectivity index (χ2n) is 6.52. The number of imidazole rings is 1. The number of carbonyl (C=O) groups is 1. The maximum Gasteiger partial charge on any atom is 0.258 e. The summed E-state index contributed by atoms with van der Waals surface area (Å²) in [5.74, 6) is -0.381. The highest BCUT2D eigenvalue weighted by Gasteiger charge is 2.18. The van der Waals surface area contributed by atoms with Crippen molar-refractivity contribution in [2.45, 2.75) is 13.8 Å². The summed E-state index contributed by atoms with van der Waals surface area (Å²) in [6.07, 6.45) is 7.13. The molecule has 1 amide bonds. The van der Waals surface area contributed by atoms with E-state index in [9.17, 15) is 4.79 Å². The SMILES string of the molecule is Cc1cc(NC(=O)c2c(Cl)cccc2Cl)c2ncc(C)c(-n3ccnc3)c2c1. The number of pyridine rings is 1. The second-order valence-corrected chi connectivity index (χ2v) is 7.33. The van der Waals surface area contributed by atoms with E-state index in [0.29, 0.717) is 21.2 Å². The number of halogens is 2. The summed E-state index contributed by atoms with van der Waals surface area (Å²) in [7, 11) is 0. The minimum atomic E-state index is -0.381. The molecule has 4 aromatic rings. The fourth-order valence-corrected chi connectivity index (χ4v) is 3.83. The van der Waals surface area contributed by atoms with E-state index in [4.69, 9.17) is 23.2 Å². The van der Waals surface area contributed by atoms with Gasteiger partial charge in [0.1, 0.15) is 0 Å². The van der Waals surface area contributed by atoms with Crippen LogP contribution in [0.15, 0.2) is 55.2 Å². The molecule has 0 radical (unpaired) electrons. The van der Waals surface area contributed by atoms with Crippen molar-refractivity contribution in [2.24, 2.45) is 0 Å². The maximum atomic E-state index is 12.9. The highest BCUT2D eigenvalue weighted by atomic mass is 35.5. The molecule has 7 heteroatoms. The summed E-state index contributed by atoms with van der Waals surface area (Å²) in [5, 5.41) is 4.43. The number of hydrogen-bond acceptors (Lipinski definition) is 3. The van der Waals surface area contributed by atoms with Gasteiger partial charge in [-0.05, 0) is 49.2 Å². The number of amides is 1. The average Bonchev–Trinajstić information content (AvgIpc) is 3.15. The molecule has 2 aromatic carbocycles. The Morgan fingerprint density at radius 1 is 1.14 bits per heavy atom. The van der Waals surface area contributed by atoms with Crippen LogP contribution >= 0.6 is 23.2 Å². The van der Waals surface area contributed by atoms with Crippen LogP contribution in [0.25, 0.3) is 16.6 Å². The zero-order chi connectivity index (χ0) is 19.8. The molecule has 5 nitrogen and oxygen atoms in total. The van der Waals surface area contributed by atoms with Crippen molar-refractivity contribution in [2.75, 3.05) is 5.32 Å². The third-order valence-electron chi connectivity index (χ3n) is 4.47. The molecule has 2 aromatic heterocycles. The van der Waals surface area contributed by atoms with Crippen molar-refractivity contribution in [3.63, 3.8) is 0 Å². The first kappa shape index (κ1) is 18.5. The Bertz CT molecular complexity index is 1180. The maximum absolute atomic E-state index is 12.9. The summed E-state index contributed by atoms with van der Waals surface area (Å²) in [5.41, 5.74) is 4.47. The molecule has 0 aliphatic rings. The molecule has 28 heavy (non-hydrogen) atoms. The first-order chi connectivity index (χ1) is 13.5. The molecule has 0 bridgehead atoms. The standard InChI is InChI=1S/C21H16Cl2N4O/c1-12-8-14-19(25-10-13(2)20(14)27-7-6-24-11-27)17(9-12)26-21(28)18-15(22)4-3-5-16(18)23/h3-11H,1-2H3,(H,26,28). The van der Waals surface area contributed by atoms with Crippen molar-refractivity contribution in [3.05, 3.63) is 82.0 Å². The molecule has 2 heterocycles. The fourth-order valence-electron chi connectivity index (χ4n) is 3.26. The highest BCUT2D eigenvalue weighted by molar-refractivity contribution is 6.40. The zero-order valence-corrected chi connectivity index (χ0v) is 16.7. The normalized spacial score (nSPS) is 11.0. The first-order valence-corrected chi connectivity index (χ1v) is 9.35. The van der Waals surface area contributed by atoms with Crippen molar-refractivity contribution < 1.29 is 4.79 Å². The van der Waals surface area contributed by atoms with E-state index in [1.165, 1.54) is 0 Å². The number of aryl methyl sites for hydroxylation is 2. The molecular formula is C21H16Cl2N4O. The minimum Gasteiger partial charge on any atom is -0.320 e. The van der Waals surface area contributed by atoms with E-state index in [-0.39, 0.29) is 11.5 Å². The highest BCUT2D eigenvalue weighted by Crippen LogP contribution is 2.32. The van der Waals surface area contributed by atoms with Gasteiger partial charge in [-0.3, -0.25) is 9.78 Å². The van der Waals surface area contributed by atoms with E-state index >= 15 is 0 Å². The van der Waals surface area contributed by atoms with E-state index in [1.54, 1.807) is 36.9 Å². The van der Waals surface area contributed by atoms with Crippen LogP contribution < -0.4 is 5.32 Å². The monoisotopic (exact) mass is 410 g/mol. The van der Waals surface area contributed by atoms with Gasteiger partial charge in [-0.1, -0.05) is 29.3 Å². The Kier molecular flexibility index (Phi) is 4.79. The second kappa shape index (κ2) is 7.26. The Morgan fingerprint density at radius 2 is 1.89 bits per heavy atom. The number of carbonyl (C=O) groups excluding carboxylic acids is 1. The Hall–Kier alpha value is -2.89. The fraction of sp³-hybridized carbons (Fsp3) is 0.0952. The predicted octanol–water partition coefficient (Wildman–Crippen LogP) is 5.60. The predicted molar refractivity (Wildman–Crippen MR) is 113 cm³/mol. The van der Waals surface area contributed by atoms with E-state index in [0.717, 1.165) is 22.2 Å². The summed E-state index contributed by atoms with van der Waals surface area (Å²) in [4.78, 5) is 21.6. The quantitative estimate of drug-likeness (QED) is 0.478. The largest absolute Gasteiger partial charge is 0.320 e. The zero-order valence-electron chi connectivity index (χ0n) is 15.2. The number of hydrogen-bond donors (Lipinski definition) is 1. The molecule has 0 aliphatic carbocycles. The summed E-state index contributed by atoms with van der Waals surface area (Å²) < 4.78 is 1.94. The lowest BCUT2D eigenvalue weighted by Gasteiger charge is -2.15. The molecule has 0 fully saturated rings. The molecule has 140 valence electrons. The number of aromatic nitrogens is 3. The van der Waals surface area contributed by atoms with Gasteiger partial charge in [0, 0.05) is 24.0 Å². The van der Waals surface area contributed by atoms with Gasteiger partial charge in [-0.25, -0.2) is 4.98 Å². The minimum absolute atomic E-state index is 0.238. The Labute approximate surface area is 171 Å². The number of rotatable bonds is 3. The smallest absolute Gasteiger partial charge is 0.258 e. The number of nitrogens with zero attached hydrogens (tertiary/aromatic N) is 3. The first-order valence-electron chi connectivity index (χ1n) is 8.59. The Balaban J connectivity index is 1.87. The van der Waals surface area contributed by atoms with Crippen LogP contribution in [0.2, 0.25) is 10.0 Å². The number of anilines is 1. The van der Waals surface area contributed by atoms with Gasteiger partial charge in [-0.15, -0.1) is 0 Å². The summed E-state index contributed by atoms with van der Waals surface area (Å²) in [6.45, 7) is 3.96. The molecule has 0 saturated heterocycles. The van der Waals surface area contributed by atoms with Crippen LogP contribution in [0.1, 0.15) is 21.5 Å². The van der Waals surface area contributed by atoms with Gasteiger partial charge in [0.25, 0.3) is 5.91 Å². The third kappa shape index (κ3) is 3.23. The van der Waals surface area contributed by atoms with Gasteiger partial charge >= 0.3 is 0 Å². The summed E-state index contributed by atoms with van der Waals surface area (Å²) in [6, 6.07) is 8.89. The molecule has 0 spiro atoms. The van der Waals surface area contributed by atoms with Crippen molar-refractivity contribution in [1.82, 2.24) is 14.5 Å². The lowest BCUT2D eigenvalue weighted by molar-refractivity contribution is 0.102. The number of benzene rings is 2. The van der Waals surface area contributed by atoms with Gasteiger partial charge in [0.05, 0.1) is 38.8 Å².